The van der Waals surface area contributed by atoms with Crippen molar-refractivity contribution in [3.8, 4) is 0 Å². The SMILES string of the molecule is CCOC(=O)CCC1=C(C)C(=O)C(C)=C(C)C1=O. The maximum Gasteiger partial charge on any atom is 0.306 e. The van der Waals surface area contributed by atoms with Gasteiger partial charge < -0.3 is 4.74 Å². The molecule has 0 aromatic carbocycles. The first kappa shape index (κ1) is 14.4. The summed E-state index contributed by atoms with van der Waals surface area (Å²) in [5.41, 5.74) is 1.87. The lowest BCUT2D eigenvalue weighted by molar-refractivity contribution is -0.143. The Hall–Kier alpha value is -1.71. The number of ketones is 2. The van der Waals surface area contributed by atoms with Crippen LogP contribution in [0.5, 0.6) is 0 Å². The predicted octanol–water partition coefficient (Wildman–Crippen LogP) is 2.13. The molecule has 0 heterocycles. The maximum atomic E-state index is 12.0. The van der Waals surface area contributed by atoms with Gasteiger partial charge in [0.25, 0.3) is 0 Å². The van der Waals surface area contributed by atoms with Crippen molar-refractivity contribution in [3.05, 3.63) is 22.3 Å². The Morgan fingerprint density at radius 2 is 1.56 bits per heavy atom. The van der Waals surface area contributed by atoms with E-state index in [0.717, 1.165) is 0 Å². The van der Waals surface area contributed by atoms with Crippen LogP contribution in [0, 0.1) is 0 Å². The van der Waals surface area contributed by atoms with Gasteiger partial charge in [0, 0.05) is 28.7 Å². The van der Waals surface area contributed by atoms with Gasteiger partial charge in [-0.1, -0.05) is 0 Å². The van der Waals surface area contributed by atoms with Crippen molar-refractivity contribution in [2.75, 3.05) is 6.61 Å². The first-order valence-corrected chi connectivity index (χ1v) is 6.02. The number of ether oxygens (including phenoxy) is 1. The maximum absolute atomic E-state index is 12.0. The van der Waals surface area contributed by atoms with E-state index in [1.165, 1.54) is 0 Å². The van der Waals surface area contributed by atoms with Gasteiger partial charge in [0.1, 0.15) is 0 Å². The lowest BCUT2D eigenvalue weighted by Crippen LogP contribution is -2.21. The Labute approximate surface area is 107 Å². The molecule has 1 aliphatic carbocycles. The Morgan fingerprint density at radius 1 is 1.00 bits per heavy atom. The van der Waals surface area contributed by atoms with Gasteiger partial charge >= 0.3 is 5.97 Å². The molecule has 0 fully saturated rings. The van der Waals surface area contributed by atoms with Gasteiger partial charge in [-0.2, -0.15) is 0 Å². The molecular formula is C14H18O4. The van der Waals surface area contributed by atoms with E-state index in [0.29, 0.717) is 28.9 Å². The summed E-state index contributed by atoms with van der Waals surface area (Å²) in [4.78, 5) is 35.2. The minimum absolute atomic E-state index is 0.106. The molecule has 0 saturated carbocycles. The second-order valence-electron chi connectivity index (χ2n) is 4.32. The third kappa shape index (κ3) is 2.75. The second-order valence-corrected chi connectivity index (χ2v) is 4.32. The van der Waals surface area contributed by atoms with E-state index in [-0.39, 0.29) is 30.4 Å². The average molecular weight is 250 g/mol. The largest absolute Gasteiger partial charge is 0.466 e. The second kappa shape index (κ2) is 5.76. The number of esters is 1. The van der Waals surface area contributed by atoms with E-state index in [1.54, 1.807) is 27.7 Å². The Kier molecular flexibility index (Phi) is 4.59. The lowest BCUT2D eigenvalue weighted by atomic mass is 9.84. The summed E-state index contributed by atoms with van der Waals surface area (Å²) < 4.78 is 4.81. The van der Waals surface area contributed by atoms with Crippen molar-refractivity contribution < 1.29 is 19.1 Å². The number of hydrogen-bond acceptors (Lipinski definition) is 4. The topological polar surface area (TPSA) is 60.4 Å². The molecule has 0 atom stereocenters. The molecular weight excluding hydrogens is 232 g/mol. The van der Waals surface area contributed by atoms with Gasteiger partial charge in [-0.25, -0.2) is 0 Å². The minimum Gasteiger partial charge on any atom is -0.466 e. The fraction of sp³-hybridized carbons (Fsp3) is 0.500. The summed E-state index contributed by atoms with van der Waals surface area (Å²) in [5, 5.41) is 0. The molecule has 1 aliphatic rings. The summed E-state index contributed by atoms with van der Waals surface area (Å²) in [7, 11) is 0. The van der Waals surface area contributed by atoms with Crippen LogP contribution >= 0.6 is 0 Å². The molecule has 0 N–H and O–H groups in total. The van der Waals surface area contributed by atoms with Crippen LogP contribution in [0.1, 0.15) is 40.5 Å². The number of rotatable bonds is 4. The quantitative estimate of drug-likeness (QED) is 0.566. The van der Waals surface area contributed by atoms with Crippen molar-refractivity contribution >= 4 is 17.5 Å². The molecule has 18 heavy (non-hydrogen) atoms. The standard InChI is InChI=1S/C14H18O4/c1-5-18-12(15)7-6-11-10(4)13(16)8(2)9(3)14(11)17/h5-7H2,1-4H3. The predicted molar refractivity (Wildman–Crippen MR) is 67.0 cm³/mol. The van der Waals surface area contributed by atoms with Gasteiger partial charge in [-0.05, 0) is 34.1 Å². The molecule has 0 aliphatic heterocycles. The molecule has 0 unspecified atom stereocenters. The van der Waals surface area contributed by atoms with Crippen molar-refractivity contribution in [1.29, 1.82) is 0 Å². The van der Waals surface area contributed by atoms with Crippen molar-refractivity contribution in [1.82, 2.24) is 0 Å². The van der Waals surface area contributed by atoms with E-state index in [4.69, 9.17) is 4.74 Å². The van der Waals surface area contributed by atoms with Gasteiger partial charge in [0.05, 0.1) is 6.61 Å². The summed E-state index contributed by atoms with van der Waals surface area (Å²) >= 11 is 0. The highest BCUT2D eigenvalue weighted by atomic mass is 16.5. The molecule has 0 aromatic heterocycles. The van der Waals surface area contributed by atoms with Crippen molar-refractivity contribution in [3.63, 3.8) is 0 Å². The summed E-state index contributed by atoms with van der Waals surface area (Å²) in [6.07, 6.45) is 0.395. The highest BCUT2D eigenvalue weighted by molar-refractivity contribution is 6.24. The number of allylic oxidation sites excluding steroid dienone is 4. The summed E-state index contributed by atoms with van der Waals surface area (Å²) in [5.74, 6) is -0.582. The molecule has 0 aromatic rings. The van der Waals surface area contributed by atoms with Crippen LogP contribution in [0.3, 0.4) is 0 Å². The monoisotopic (exact) mass is 250 g/mol. The van der Waals surface area contributed by atoms with Crippen LogP contribution in [-0.4, -0.2) is 24.1 Å². The molecule has 1 rings (SSSR count). The Morgan fingerprint density at radius 3 is 2.11 bits per heavy atom. The van der Waals surface area contributed by atoms with Gasteiger partial charge in [-0.3, -0.25) is 14.4 Å². The average Bonchev–Trinajstić information content (AvgIpc) is 2.34. The summed E-state index contributed by atoms with van der Waals surface area (Å²) in [6, 6.07) is 0. The third-order valence-corrected chi connectivity index (χ3v) is 3.20. The zero-order valence-corrected chi connectivity index (χ0v) is 11.3. The zero-order valence-electron chi connectivity index (χ0n) is 11.3. The highest BCUT2D eigenvalue weighted by Crippen LogP contribution is 2.26. The number of carbonyl (C=O) groups excluding carboxylic acids is 3. The number of hydrogen-bond donors (Lipinski definition) is 0. The van der Waals surface area contributed by atoms with E-state index in [2.05, 4.69) is 0 Å². The number of Topliss-reactive ketones (excluding diaryl/α,β-unsaturated/α-hetero) is 2. The minimum atomic E-state index is -0.345. The van der Waals surface area contributed by atoms with Crippen LogP contribution < -0.4 is 0 Å². The third-order valence-electron chi connectivity index (χ3n) is 3.20. The van der Waals surface area contributed by atoms with E-state index >= 15 is 0 Å². The molecule has 0 saturated heterocycles. The van der Waals surface area contributed by atoms with Crippen LogP contribution in [-0.2, 0) is 19.1 Å². The molecule has 0 radical (unpaired) electrons. The number of carbonyl (C=O) groups is 3. The van der Waals surface area contributed by atoms with E-state index in [1.807, 2.05) is 0 Å². The van der Waals surface area contributed by atoms with Gasteiger partial charge in [0.15, 0.2) is 11.6 Å². The molecule has 4 nitrogen and oxygen atoms in total. The van der Waals surface area contributed by atoms with Crippen molar-refractivity contribution in [2.24, 2.45) is 0 Å². The fourth-order valence-corrected chi connectivity index (χ4v) is 1.92. The fourth-order valence-electron chi connectivity index (χ4n) is 1.92. The van der Waals surface area contributed by atoms with Gasteiger partial charge in [0.2, 0.25) is 0 Å². The van der Waals surface area contributed by atoms with Crippen LogP contribution in [0.25, 0.3) is 0 Å². The first-order valence-electron chi connectivity index (χ1n) is 6.02. The van der Waals surface area contributed by atoms with Crippen LogP contribution in [0.4, 0.5) is 0 Å². The molecule has 4 heteroatoms. The Balaban J connectivity index is 2.85. The van der Waals surface area contributed by atoms with Gasteiger partial charge in [-0.15, -0.1) is 0 Å². The zero-order chi connectivity index (χ0) is 13.9. The molecule has 0 bridgehead atoms. The van der Waals surface area contributed by atoms with Crippen LogP contribution in [0.15, 0.2) is 22.3 Å². The lowest BCUT2D eigenvalue weighted by Gasteiger charge is -2.18. The first-order chi connectivity index (χ1) is 8.40. The molecule has 0 amide bonds. The summed E-state index contributed by atoms with van der Waals surface area (Å²) in [6.45, 7) is 6.99. The van der Waals surface area contributed by atoms with Crippen LogP contribution in [0.2, 0.25) is 0 Å². The molecule has 0 spiro atoms. The Bertz CT molecular complexity index is 466. The van der Waals surface area contributed by atoms with Crippen molar-refractivity contribution in [2.45, 2.75) is 40.5 Å². The molecule has 98 valence electrons. The highest BCUT2D eigenvalue weighted by Gasteiger charge is 2.27. The smallest absolute Gasteiger partial charge is 0.306 e. The van der Waals surface area contributed by atoms with E-state index in [9.17, 15) is 14.4 Å². The van der Waals surface area contributed by atoms with E-state index < -0.39 is 0 Å². The normalized spacial score (nSPS) is 16.4.